The van der Waals surface area contributed by atoms with Gasteiger partial charge in [0.25, 0.3) is 0 Å². The molecule has 0 unspecified atom stereocenters. The Bertz CT molecular complexity index is 673. The van der Waals surface area contributed by atoms with Crippen LogP contribution in [-0.4, -0.2) is 10.9 Å². The molecule has 5 heteroatoms. The van der Waals surface area contributed by atoms with Crippen molar-refractivity contribution in [1.82, 2.24) is 4.98 Å². The van der Waals surface area contributed by atoms with Crippen molar-refractivity contribution in [3.05, 3.63) is 46.1 Å². The molecule has 2 heterocycles. The van der Waals surface area contributed by atoms with Gasteiger partial charge in [0.05, 0.1) is 22.1 Å². The Balaban J connectivity index is 1.73. The Morgan fingerprint density at radius 1 is 1.28 bits per heavy atom. The number of anilines is 1. The molecule has 0 fully saturated rings. The highest BCUT2D eigenvalue weighted by Crippen LogP contribution is 2.21. The minimum Gasteiger partial charge on any atom is -0.326 e. The molecule has 0 spiro atoms. The van der Waals surface area contributed by atoms with E-state index in [0.717, 1.165) is 20.8 Å². The fourth-order valence-corrected chi connectivity index (χ4v) is 3.07. The molecule has 0 saturated carbocycles. The van der Waals surface area contributed by atoms with E-state index >= 15 is 0 Å². The van der Waals surface area contributed by atoms with Crippen molar-refractivity contribution in [3.63, 3.8) is 0 Å². The molecule has 2 aromatic heterocycles. The Morgan fingerprint density at radius 3 is 3.06 bits per heavy atom. The van der Waals surface area contributed by atoms with Crippen molar-refractivity contribution < 1.29 is 4.79 Å². The Labute approximate surface area is 112 Å². The standard InChI is InChI=1S/C13H10N2OS2/c16-13(7-10-2-1-5-17-10)15-9-3-4-12-11(6-9)14-8-18-12/h1-6,8H,7H2,(H,15,16). The third-order valence-electron chi connectivity index (χ3n) is 2.53. The summed E-state index contributed by atoms with van der Waals surface area (Å²) in [6, 6.07) is 9.71. The molecule has 1 N–H and O–H groups in total. The quantitative estimate of drug-likeness (QED) is 0.793. The molecular formula is C13H10N2OS2. The summed E-state index contributed by atoms with van der Waals surface area (Å²) in [5.74, 6) is 0.00651. The first-order chi connectivity index (χ1) is 8.81. The molecule has 0 aliphatic rings. The molecule has 3 nitrogen and oxygen atoms in total. The maximum atomic E-state index is 11.8. The summed E-state index contributed by atoms with van der Waals surface area (Å²) in [5.41, 5.74) is 3.53. The van der Waals surface area contributed by atoms with Gasteiger partial charge in [-0.15, -0.1) is 22.7 Å². The predicted octanol–water partition coefficient (Wildman–Crippen LogP) is 3.54. The first-order valence-corrected chi connectivity index (χ1v) is 7.23. The number of carbonyl (C=O) groups is 1. The van der Waals surface area contributed by atoms with Gasteiger partial charge in [0.15, 0.2) is 0 Å². The van der Waals surface area contributed by atoms with E-state index in [1.807, 2.05) is 41.2 Å². The molecular weight excluding hydrogens is 264 g/mol. The number of thiophene rings is 1. The van der Waals surface area contributed by atoms with Gasteiger partial charge in [-0.05, 0) is 29.6 Å². The number of benzene rings is 1. The average Bonchev–Trinajstić information content (AvgIpc) is 2.98. The van der Waals surface area contributed by atoms with Crippen molar-refractivity contribution >= 4 is 44.5 Å². The number of fused-ring (bicyclic) bond motifs is 1. The van der Waals surface area contributed by atoms with Crippen LogP contribution >= 0.6 is 22.7 Å². The number of hydrogen-bond acceptors (Lipinski definition) is 4. The molecule has 3 rings (SSSR count). The number of nitrogens with one attached hydrogen (secondary N) is 1. The van der Waals surface area contributed by atoms with Crippen LogP contribution in [0.15, 0.2) is 41.2 Å². The molecule has 0 bridgehead atoms. The number of rotatable bonds is 3. The van der Waals surface area contributed by atoms with Crippen LogP contribution in [-0.2, 0) is 11.2 Å². The largest absolute Gasteiger partial charge is 0.326 e. The third-order valence-corrected chi connectivity index (χ3v) is 4.22. The molecule has 90 valence electrons. The fraction of sp³-hybridized carbons (Fsp3) is 0.0769. The van der Waals surface area contributed by atoms with E-state index in [1.165, 1.54) is 0 Å². The van der Waals surface area contributed by atoms with Gasteiger partial charge in [0.2, 0.25) is 5.91 Å². The lowest BCUT2D eigenvalue weighted by atomic mass is 10.2. The lowest BCUT2D eigenvalue weighted by molar-refractivity contribution is -0.115. The average molecular weight is 274 g/mol. The minimum absolute atomic E-state index is 0.00651. The molecule has 0 radical (unpaired) electrons. The second-order valence-electron chi connectivity index (χ2n) is 3.84. The molecule has 0 atom stereocenters. The van der Waals surface area contributed by atoms with E-state index in [0.29, 0.717) is 6.42 Å². The van der Waals surface area contributed by atoms with Crippen LogP contribution in [0.5, 0.6) is 0 Å². The molecule has 1 aromatic carbocycles. The van der Waals surface area contributed by atoms with Crippen LogP contribution in [0.1, 0.15) is 4.88 Å². The first kappa shape index (κ1) is 11.4. The van der Waals surface area contributed by atoms with Crippen LogP contribution in [0, 0.1) is 0 Å². The maximum absolute atomic E-state index is 11.8. The number of amides is 1. The summed E-state index contributed by atoms with van der Waals surface area (Å²) >= 11 is 3.19. The number of nitrogens with zero attached hydrogens (tertiary/aromatic N) is 1. The van der Waals surface area contributed by atoms with Gasteiger partial charge >= 0.3 is 0 Å². The summed E-state index contributed by atoms with van der Waals surface area (Å²) in [5, 5.41) is 4.87. The molecule has 0 aliphatic heterocycles. The van der Waals surface area contributed by atoms with Crippen molar-refractivity contribution in [2.45, 2.75) is 6.42 Å². The lowest BCUT2D eigenvalue weighted by Gasteiger charge is -2.03. The van der Waals surface area contributed by atoms with Crippen molar-refractivity contribution in [2.24, 2.45) is 0 Å². The van der Waals surface area contributed by atoms with Gasteiger partial charge in [0.1, 0.15) is 0 Å². The second kappa shape index (κ2) is 4.88. The molecule has 18 heavy (non-hydrogen) atoms. The maximum Gasteiger partial charge on any atom is 0.229 e. The van der Waals surface area contributed by atoms with Crippen LogP contribution in [0.25, 0.3) is 10.2 Å². The highest BCUT2D eigenvalue weighted by atomic mass is 32.1. The van der Waals surface area contributed by atoms with Crippen LogP contribution in [0.3, 0.4) is 0 Å². The number of hydrogen-bond donors (Lipinski definition) is 1. The van der Waals surface area contributed by atoms with E-state index < -0.39 is 0 Å². The van der Waals surface area contributed by atoms with Crippen molar-refractivity contribution in [2.75, 3.05) is 5.32 Å². The van der Waals surface area contributed by atoms with E-state index in [1.54, 1.807) is 22.7 Å². The monoisotopic (exact) mass is 274 g/mol. The van der Waals surface area contributed by atoms with Gasteiger partial charge in [-0.2, -0.15) is 0 Å². The highest BCUT2D eigenvalue weighted by molar-refractivity contribution is 7.16. The normalized spacial score (nSPS) is 10.7. The van der Waals surface area contributed by atoms with Gasteiger partial charge in [0, 0.05) is 10.6 Å². The zero-order chi connectivity index (χ0) is 12.4. The van der Waals surface area contributed by atoms with Gasteiger partial charge in [-0.1, -0.05) is 6.07 Å². The molecule has 0 aliphatic carbocycles. The van der Waals surface area contributed by atoms with Crippen molar-refractivity contribution in [1.29, 1.82) is 0 Å². The molecule has 3 aromatic rings. The van der Waals surface area contributed by atoms with Crippen LogP contribution in [0.2, 0.25) is 0 Å². The smallest absolute Gasteiger partial charge is 0.229 e. The van der Waals surface area contributed by atoms with Gasteiger partial charge < -0.3 is 5.32 Å². The Hall–Kier alpha value is -1.72. The van der Waals surface area contributed by atoms with Crippen LogP contribution < -0.4 is 5.32 Å². The Morgan fingerprint density at radius 2 is 2.22 bits per heavy atom. The van der Waals surface area contributed by atoms with Crippen molar-refractivity contribution in [3.8, 4) is 0 Å². The summed E-state index contributed by atoms with van der Waals surface area (Å²) in [7, 11) is 0. The zero-order valence-electron chi connectivity index (χ0n) is 9.42. The first-order valence-electron chi connectivity index (χ1n) is 5.47. The van der Waals surface area contributed by atoms with E-state index in [9.17, 15) is 4.79 Å². The zero-order valence-corrected chi connectivity index (χ0v) is 11.1. The SMILES string of the molecule is O=C(Cc1cccs1)Nc1ccc2scnc2c1. The summed E-state index contributed by atoms with van der Waals surface area (Å²) < 4.78 is 1.13. The number of thiazole rings is 1. The third kappa shape index (κ3) is 2.42. The topological polar surface area (TPSA) is 42.0 Å². The Kier molecular flexibility index (Phi) is 3.08. The number of carbonyl (C=O) groups excluding carboxylic acids is 1. The number of aromatic nitrogens is 1. The lowest BCUT2D eigenvalue weighted by Crippen LogP contribution is -2.13. The summed E-state index contributed by atoms with van der Waals surface area (Å²) in [6.45, 7) is 0. The molecule has 0 saturated heterocycles. The predicted molar refractivity (Wildman–Crippen MR) is 76.3 cm³/mol. The fourth-order valence-electron chi connectivity index (χ4n) is 1.71. The molecule has 1 amide bonds. The summed E-state index contributed by atoms with van der Waals surface area (Å²) in [6.07, 6.45) is 0.423. The summed E-state index contributed by atoms with van der Waals surface area (Å²) in [4.78, 5) is 17.1. The van der Waals surface area contributed by atoms with Crippen LogP contribution in [0.4, 0.5) is 5.69 Å². The van der Waals surface area contributed by atoms with E-state index in [-0.39, 0.29) is 5.91 Å². The van der Waals surface area contributed by atoms with E-state index in [2.05, 4.69) is 10.3 Å². The highest BCUT2D eigenvalue weighted by Gasteiger charge is 2.06. The van der Waals surface area contributed by atoms with E-state index in [4.69, 9.17) is 0 Å². The minimum atomic E-state index is 0.00651. The second-order valence-corrected chi connectivity index (χ2v) is 5.76. The van der Waals surface area contributed by atoms with Gasteiger partial charge in [-0.25, -0.2) is 4.98 Å². The van der Waals surface area contributed by atoms with Gasteiger partial charge in [-0.3, -0.25) is 4.79 Å².